The molecule has 9 atom stereocenters. The summed E-state index contributed by atoms with van der Waals surface area (Å²) in [7, 11) is 8.48. The maximum absolute atomic E-state index is 10.4. The Bertz CT molecular complexity index is 1680. The van der Waals surface area contributed by atoms with Gasteiger partial charge in [-0.15, -0.1) is 0 Å². The van der Waals surface area contributed by atoms with Gasteiger partial charge in [0.1, 0.15) is 12.2 Å². The summed E-state index contributed by atoms with van der Waals surface area (Å²) < 4.78 is 12.9. The minimum Gasteiger partial charge on any atom is -0.504 e. The second-order valence-electron chi connectivity index (χ2n) is 16.3. The number of phenols is 2. The minimum absolute atomic E-state index is 0.00444. The van der Waals surface area contributed by atoms with Crippen LogP contribution in [0.1, 0.15) is 74.6 Å². The number of benzene rings is 2. The monoisotopic (exact) mass is 626 g/mol. The molecule has 8 nitrogen and oxygen atoms in total. The topological polar surface area (TPSA) is 89.8 Å². The molecular weight excluding hydrogens is 576 g/mol. The molecule has 9 unspecified atom stereocenters. The molecule has 4 heterocycles. The van der Waals surface area contributed by atoms with E-state index < -0.39 is 0 Å². The molecule has 0 radical (unpaired) electrons. The fourth-order valence-corrected chi connectivity index (χ4v) is 12.8. The van der Waals surface area contributed by atoms with E-state index in [1.54, 1.807) is 0 Å². The lowest BCUT2D eigenvalue weighted by molar-refractivity contribution is -0.117. The number of likely N-dealkylation sites (N-methyl/N-ethyl adjacent to an activating group) is 3. The summed E-state index contributed by atoms with van der Waals surface area (Å²) in [6.07, 6.45) is 9.04. The molecule has 3 N–H and O–H groups in total. The van der Waals surface area contributed by atoms with Crippen LogP contribution in [0.2, 0.25) is 0 Å². The van der Waals surface area contributed by atoms with Crippen LogP contribution in [-0.4, -0.2) is 97.3 Å². The van der Waals surface area contributed by atoms with Crippen LogP contribution in [0.3, 0.4) is 0 Å². The number of hydrogen-bond acceptors (Lipinski definition) is 8. The number of rotatable bonds is 1. The molecule has 246 valence electrons. The summed E-state index contributed by atoms with van der Waals surface area (Å²) in [6.45, 7) is 7.15. The molecule has 2 aromatic carbocycles. The Kier molecular flexibility index (Phi) is 6.01. The van der Waals surface area contributed by atoms with Crippen molar-refractivity contribution in [3.05, 3.63) is 46.5 Å². The van der Waals surface area contributed by atoms with Gasteiger partial charge in [0, 0.05) is 47.1 Å². The van der Waals surface area contributed by atoms with E-state index in [4.69, 9.17) is 9.47 Å². The third-order valence-electron chi connectivity index (χ3n) is 15.1. The number of ether oxygens (including phenoxy) is 2. The van der Waals surface area contributed by atoms with Crippen LogP contribution in [0.4, 0.5) is 0 Å². The van der Waals surface area contributed by atoms with Gasteiger partial charge in [0.2, 0.25) is 0 Å². The van der Waals surface area contributed by atoms with Gasteiger partial charge in [0.15, 0.2) is 23.0 Å². The first kappa shape index (κ1) is 29.3. The number of piperidine rings is 2. The van der Waals surface area contributed by atoms with Crippen LogP contribution >= 0.6 is 0 Å². The van der Waals surface area contributed by atoms with Crippen molar-refractivity contribution in [1.29, 1.82) is 0 Å². The van der Waals surface area contributed by atoms with Crippen molar-refractivity contribution in [3.63, 3.8) is 0 Å². The number of nitrogens with one attached hydrogen (secondary N) is 1. The summed E-state index contributed by atoms with van der Waals surface area (Å²) in [5, 5.41) is 24.4. The summed E-state index contributed by atoms with van der Waals surface area (Å²) in [5.74, 6) is 2.14. The predicted octanol–water partition coefficient (Wildman–Crippen LogP) is 4.56. The highest BCUT2D eigenvalue weighted by molar-refractivity contribution is 5.94. The number of nitrogens with zero attached hydrogens (tertiary/aromatic N) is 3. The minimum atomic E-state index is -0.0150. The largest absolute Gasteiger partial charge is 0.504 e. The average molecular weight is 627 g/mol. The van der Waals surface area contributed by atoms with Gasteiger partial charge in [0.25, 0.3) is 0 Å². The Labute approximate surface area is 273 Å². The van der Waals surface area contributed by atoms with E-state index in [-0.39, 0.29) is 33.9 Å². The molecule has 4 fully saturated rings. The van der Waals surface area contributed by atoms with E-state index in [1.165, 1.54) is 34.4 Å². The number of hydrogen-bond donors (Lipinski definition) is 3. The predicted molar refractivity (Wildman–Crippen MR) is 179 cm³/mol. The van der Waals surface area contributed by atoms with Gasteiger partial charge in [-0.3, -0.25) is 4.99 Å². The Balaban J connectivity index is 0.000000127. The van der Waals surface area contributed by atoms with Crippen LogP contribution in [0, 0.1) is 10.8 Å². The Hall–Kier alpha value is -2.81. The maximum atomic E-state index is 10.4. The summed E-state index contributed by atoms with van der Waals surface area (Å²) in [6, 6.07) is 9.37. The van der Waals surface area contributed by atoms with Crippen LogP contribution in [0.5, 0.6) is 23.0 Å². The highest BCUT2D eigenvalue weighted by atomic mass is 16.5. The van der Waals surface area contributed by atoms with Crippen molar-refractivity contribution in [3.8, 4) is 23.0 Å². The van der Waals surface area contributed by atoms with E-state index in [0.717, 1.165) is 69.5 Å². The lowest BCUT2D eigenvalue weighted by atomic mass is 9.43. The molecule has 4 aliphatic carbocycles. The highest BCUT2D eigenvalue weighted by Gasteiger charge is 2.72. The van der Waals surface area contributed by atoms with Crippen LogP contribution in [-0.2, 0) is 23.7 Å². The normalized spacial score (nSPS) is 43.2. The molecule has 2 aromatic rings. The summed E-state index contributed by atoms with van der Waals surface area (Å²) in [4.78, 5) is 9.69. The lowest BCUT2D eigenvalue weighted by Crippen LogP contribution is -2.72. The Morgan fingerprint density at radius 2 is 1.37 bits per heavy atom. The Morgan fingerprint density at radius 3 is 1.98 bits per heavy atom. The molecule has 0 aromatic heterocycles. The number of likely N-dealkylation sites (tertiary alicyclic amines) is 2. The van der Waals surface area contributed by atoms with Gasteiger partial charge in [0.05, 0.1) is 5.71 Å². The fourth-order valence-electron chi connectivity index (χ4n) is 12.8. The van der Waals surface area contributed by atoms with Crippen molar-refractivity contribution in [2.45, 2.75) is 106 Å². The molecule has 0 amide bonds. The SMILES string of the molecule is CN=C1CCC2(C)C3Cc4ccc(O)c5c4C2(CCN3C)C1O5.CNC1CCC2(C)C3Cc4ccc(O)c5c4C2(CCN3C)C1O5. The second kappa shape index (κ2) is 9.42. The molecule has 46 heavy (non-hydrogen) atoms. The molecule has 4 bridgehead atoms. The van der Waals surface area contributed by atoms with Gasteiger partial charge in [-0.2, -0.15) is 0 Å². The van der Waals surface area contributed by atoms with Crippen LogP contribution < -0.4 is 14.8 Å². The molecule has 8 aliphatic rings. The zero-order chi connectivity index (χ0) is 32.0. The number of aliphatic imine (C=N–C) groups is 1. The van der Waals surface area contributed by atoms with Crippen molar-refractivity contribution >= 4 is 5.71 Å². The van der Waals surface area contributed by atoms with Crippen molar-refractivity contribution in [1.82, 2.24) is 15.1 Å². The first-order valence-corrected chi connectivity index (χ1v) is 17.6. The van der Waals surface area contributed by atoms with Crippen LogP contribution in [0.25, 0.3) is 0 Å². The average Bonchev–Trinajstić information content (AvgIpc) is 3.58. The summed E-state index contributed by atoms with van der Waals surface area (Å²) >= 11 is 0. The first-order chi connectivity index (χ1) is 22.1. The van der Waals surface area contributed by atoms with Crippen molar-refractivity contribution < 1.29 is 19.7 Å². The molecule has 4 aliphatic heterocycles. The molecule has 2 spiro atoms. The van der Waals surface area contributed by atoms with Gasteiger partial charge in [-0.25, -0.2) is 0 Å². The molecule has 2 saturated heterocycles. The quantitative estimate of drug-likeness (QED) is 0.428. The van der Waals surface area contributed by atoms with Gasteiger partial charge < -0.3 is 34.8 Å². The van der Waals surface area contributed by atoms with E-state index in [0.29, 0.717) is 29.6 Å². The highest BCUT2D eigenvalue weighted by Crippen LogP contribution is 2.70. The standard InChI is InChI=1S/C19H26N2O2.C19H24N2O2/c2*1-18-7-6-12(20-2)17-19(18)8-9-21(3)14(18)10-11-4-5-13(22)16(23-17)15(11)19/h4-5,12,14,17,20,22H,6-10H2,1-3H3;4-5,14,17,22H,6-10H2,1-3H3. The smallest absolute Gasteiger partial charge is 0.166 e. The molecule has 8 heteroatoms. The lowest BCUT2D eigenvalue weighted by Gasteiger charge is -2.65. The molecule has 2 saturated carbocycles. The third-order valence-corrected chi connectivity index (χ3v) is 15.1. The summed E-state index contributed by atoms with van der Waals surface area (Å²) in [5.41, 5.74) is 7.03. The number of phenolic OH excluding ortho intramolecular Hbond substituents is 2. The fraction of sp³-hybridized carbons (Fsp3) is 0.658. The second-order valence-corrected chi connectivity index (χ2v) is 16.3. The van der Waals surface area contributed by atoms with E-state index >= 15 is 0 Å². The van der Waals surface area contributed by atoms with Crippen molar-refractivity contribution in [2.24, 2.45) is 15.8 Å². The van der Waals surface area contributed by atoms with Crippen molar-refractivity contribution in [2.75, 3.05) is 41.3 Å². The third kappa shape index (κ3) is 3.16. The molecular formula is C38H50N4O4. The van der Waals surface area contributed by atoms with Gasteiger partial charge in [-0.05, 0) is 120 Å². The number of aromatic hydroxyl groups is 2. The van der Waals surface area contributed by atoms with E-state index in [1.807, 2.05) is 26.2 Å². The van der Waals surface area contributed by atoms with Gasteiger partial charge >= 0.3 is 0 Å². The van der Waals surface area contributed by atoms with Crippen LogP contribution in [0.15, 0.2) is 29.3 Å². The zero-order valence-electron chi connectivity index (χ0n) is 28.3. The van der Waals surface area contributed by atoms with E-state index in [2.05, 4.69) is 60.2 Å². The molecule has 10 rings (SSSR count). The van der Waals surface area contributed by atoms with Gasteiger partial charge in [-0.1, -0.05) is 26.0 Å². The zero-order valence-corrected chi connectivity index (χ0v) is 28.3. The Morgan fingerprint density at radius 1 is 0.804 bits per heavy atom. The van der Waals surface area contributed by atoms with E-state index in [9.17, 15) is 10.2 Å². The first-order valence-electron chi connectivity index (χ1n) is 17.6. The maximum Gasteiger partial charge on any atom is 0.166 e.